The van der Waals surface area contributed by atoms with Gasteiger partial charge in [0, 0.05) is 34.1 Å². The molecule has 1 N–H and O–H groups in total. The SMILES string of the molecule is Cc1cc(=O)oc2cc(OC(=O)CNC3N=C(c4ccc(F)cc4)C=C(c4cccc(Oc5ccccc5)c4)S3)c([N+](=O)[O-])cc12. The third-order valence-corrected chi connectivity index (χ3v) is 7.98. The third kappa shape index (κ3) is 7.04. The summed E-state index contributed by atoms with van der Waals surface area (Å²) in [6, 6.07) is 26.3. The minimum absolute atomic E-state index is 0.0518. The van der Waals surface area contributed by atoms with Gasteiger partial charge in [-0.05, 0) is 72.7 Å². The maximum Gasteiger partial charge on any atom is 0.336 e. The van der Waals surface area contributed by atoms with Crippen LogP contribution in [-0.2, 0) is 4.79 Å². The van der Waals surface area contributed by atoms with Crippen molar-refractivity contribution < 1.29 is 28.0 Å². The molecule has 0 saturated carbocycles. The standard InChI is InChI=1S/C34H24FN3O7S/c1-20-14-32(39)44-29-18-30(28(38(41)42)16-26(20)29)45-33(40)19-36-34-37-27(21-10-12-23(35)13-11-21)17-31(46-34)22-6-5-9-25(15-22)43-24-7-3-2-4-8-24/h2-18,34,36H,19H2,1H3. The average Bonchev–Trinajstić information content (AvgIpc) is 3.04. The zero-order valence-electron chi connectivity index (χ0n) is 24.1. The zero-order valence-corrected chi connectivity index (χ0v) is 25.0. The minimum Gasteiger partial charge on any atom is -0.457 e. The molecule has 4 aromatic carbocycles. The molecule has 0 bridgehead atoms. The molecule has 1 aliphatic rings. The number of halogens is 1. The Balaban J connectivity index is 1.23. The summed E-state index contributed by atoms with van der Waals surface area (Å²) in [4.78, 5) is 41.4. The lowest BCUT2D eigenvalue weighted by Crippen LogP contribution is -2.34. The number of carbonyl (C=O) groups is 1. The number of hydrogen-bond donors (Lipinski definition) is 1. The summed E-state index contributed by atoms with van der Waals surface area (Å²) in [6.07, 6.45) is 1.87. The van der Waals surface area contributed by atoms with Crippen LogP contribution in [0, 0.1) is 22.9 Å². The molecule has 6 rings (SSSR count). The largest absolute Gasteiger partial charge is 0.457 e. The molecule has 230 valence electrons. The fraction of sp³-hybridized carbons (Fsp3) is 0.0882. The Bertz CT molecular complexity index is 2080. The molecule has 10 nitrogen and oxygen atoms in total. The normalized spacial score (nSPS) is 14.3. The van der Waals surface area contributed by atoms with Gasteiger partial charge in [-0.15, -0.1) is 0 Å². The molecular formula is C34H24FN3O7S. The topological polar surface area (TPSA) is 133 Å². The zero-order chi connectivity index (χ0) is 32.2. The molecule has 12 heteroatoms. The second-order valence-corrected chi connectivity index (χ2v) is 11.2. The van der Waals surface area contributed by atoms with Crippen LogP contribution in [0.2, 0.25) is 0 Å². The van der Waals surface area contributed by atoms with Gasteiger partial charge < -0.3 is 13.9 Å². The highest BCUT2D eigenvalue weighted by atomic mass is 32.2. The summed E-state index contributed by atoms with van der Waals surface area (Å²) in [5.41, 5.74) is 0.796. The lowest BCUT2D eigenvalue weighted by atomic mass is 10.1. The van der Waals surface area contributed by atoms with Gasteiger partial charge in [-0.1, -0.05) is 42.1 Å². The maximum absolute atomic E-state index is 13.7. The average molecular weight is 638 g/mol. The quantitative estimate of drug-likeness (QED) is 0.0596. The maximum atomic E-state index is 13.7. The van der Waals surface area contributed by atoms with Gasteiger partial charge in [0.15, 0.2) is 5.50 Å². The number of ether oxygens (including phenoxy) is 2. The number of aliphatic imine (C=N–C) groups is 1. The number of nitro benzene ring substituents is 1. The van der Waals surface area contributed by atoms with Crippen molar-refractivity contribution in [1.82, 2.24) is 5.32 Å². The Morgan fingerprint density at radius 1 is 1.00 bits per heavy atom. The van der Waals surface area contributed by atoms with E-state index >= 15 is 0 Å². The number of carbonyl (C=O) groups excluding carboxylic acids is 1. The van der Waals surface area contributed by atoms with Crippen LogP contribution in [-0.4, -0.2) is 28.6 Å². The van der Waals surface area contributed by atoms with Gasteiger partial charge in [0.25, 0.3) is 0 Å². The highest BCUT2D eigenvalue weighted by Crippen LogP contribution is 2.37. The number of fused-ring (bicyclic) bond motifs is 1. The highest BCUT2D eigenvalue weighted by molar-refractivity contribution is 8.08. The Kier molecular flexibility index (Phi) is 8.72. The predicted octanol–water partition coefficient (Wildman–Crippen LogP) is 7.00. The minimum atomic E-state index is -0.828. The molecule has 1 unspecified atom stereocenters. The fourth-order valence-corrected chi connectivity index (χ4v) is 5.73. The van der Waals surface area contributed by atoms with E-state index < -0.39 is 27.7 Å². The van der Waals surface area contributed by atoms with Gasteiger partial charge in [0.1, 0.15) is 22.9 Å². The number of rotatable bonds is 9. The number of esters is 1. The van der Waals surface area contributed by atoms with Gasteiger partial charge in [-0.3, -0.25) is 25.2 Å². The molecule has 5 aromatic rings. The van der Waals surface area contributed by atoms with Gasteiger partial charge in [-0.2, -0.15) is 0 Å². The number of nitrogens with zero attached hydrogens (tertiary/aromatic N) is 2. The van der Waals surface area contributed by atoms with Gasteiger partial charge >= 0.3 is 17.3 Å². The Morgan fingerprint density at radius 2 is 1.76 bits per heavy atom. The molecule has 0 saturated heterocycles. The second-order valence-electron chi connectivity index (χ2n) is 10.1. The number of thioether (sulfide) groups is 1. The summed E-state index contributed by atoms with van der Waals surface area (Å²) in [5, 5.41) is 15.1. The van der Waals surface area contributed by atoms with Gasteiger partial charge in [0.2, 0.25) is 5.75 Å². The molecule has 46 heavy (non-hydrogen) atoms. The Labute approximate surface area is 265 Å². The first-order chi connectivity index (χ1) is 22.2. The Hall–Kier alpha value is -5.59. The highest BCUT2D eigenvalue weighted by Gasteiger charge is 2.24. The number of para-hydroxylation sites is 1. The van der Waals surface area contributed by atoms with Crippen LogP contribution in [0.3, 0.4) is 0 Å². The first-order valence-corrected chi connectivity index (χ1v) is 14.8. The second kappa shape index (κ2) is 13.2. The van der Waals surface area contributed by atoms with Crippen LogP contribution in [0.1, 0.15) is 16.7 Å². The molecule has 1 atom stereocenters. The summed E-state index contributed by atoms with van der Waals surface area (Å²) in [6.45, 7) is 1.26. The van der Waals surface area contributed by atoms with E-state index in [0.29, 0.717) is 33.7 Å². The van der Waals surface area contributed by atoms with Crippen LogP contribution in [0.25, 0.3) is 15.9 Å². The van der Waals surface area contributed by atoms with Gasteiger partial charge in [0.05, 0.1) is 17.2 Å². The van der Waals surface area contributed by atoms with Crippen molar-refractivity contribution in [1.29, 1.82) is 0 Å². The van der Waals surface area contributed by atoms with Gasteiger partial charge in [-0.25, -0.2) is 9.18 Å². The van der Waals surface area contributed by atoms with E-state index in [1.54, 1.807) is 19.1 Å². The monoisotopic (exact) mass is 637 g/mol. The number of nitro groups is 1. The van der Waals surface area contributed by atoms with E-state index in [-0.39, 0.29) is 23.7 Å². The van der Waals surface area contributed by atoms with Crippen molar-refractivity contribution in [2.75, 3.05) is 6.54 Å². The molecule has 1 aliphatic heterocycles. The lowest BCUT2D eigenvalue weighted by Gasteiger charge is -2.22. The molecular weight excluding hydrogens is 613 g/mol. The van der Waals surface area contributed by atoms with E-state index in [1.165, 1.54) is 36.0 Å². The van der Waals surface area contributed by atoms with Crippen molar-refractivity contribution in [3.8, 4) is 17.2 Å². The molecule has 2 heterocycles. The van der Waals surface area contributed by atoms with E-state index in [4.69, 9.17) is 18.9 Å². The van der Waals surface area contributed by atoms with Crippen LogP contribution < -0.4 is 20.4 Å². The Morgan fingerprint density at radius 3 is 2.52 bits per heavy atom. The number of hydrogen-bond acceptors (Lipinski definition) is 10. The summed E-state index contributed by atoms with van der Waals surface area (Å²) < 4.78 is 30.2. The lowest BCUT2D eigenvalue weighted by molar-refractivity contribution is -0.385. The number of benzene rings is 4. The molecule has 0 radical (unpaired) electrons. The first kappa shape index (κ1) is 30.4. The van der Waals surface area contributed by atoms with Crippen molar-refractivity contribution in [2.45, 2.75) is 12.4 Å². The number of nitrogens with one attached hydrogen (secondary N) is 1. The molecule has 0 amide bonds. The van der Waals surface area contributed by atoms with E-state index in [2.05, 4.69) is 5.32 Å². The smallest absolute Gasteiger partial charge is 0.336 e. The van der Waals surface area contributed by atoms with Crippen LogP contribution >= 0.6 is 11.8 Å². The summed E-state index contributed by atoms with van der Waals surface area (Å²) in [5.74, 6) is -0.279. The van der Waals surface area contributed by atoms with E-state index in [0.717, 1.165) is 16.5 Å². The van der Waals surface area contributed by atoms with Crippen LogP contribution in [0.15, 0.2) is 117 Å². The van der Waals surface area contributed by atoms with Crippen LogP contribution in [0.4, 0.5) is 10.1 Å². The predicted molar refractivity (Wildman–Crippen MR) is 173 cm³/mol. The summed E-state index contributed by atoms with van der Waals surface area (Å²) in [7, 11) is 0. The number of allylic oxidation sites excluding steroid dienone is 1. The van der Waals surface area contributed by atoms with E-state index in [1.807, 2.05) is 60.7 Å². The molecule has 0 spiro atoms. The van der Waals surface area contributed by atoms with Crippen LogP contribution in [0.5, 0.6) is 17.2 Å². The fourth-order valence-electron chi connectivity index (χ4n) is 4.71. The van der Waals surface area contributed by atoms with Crippen molar-refractivity contribution in [3.05, 3.63) is 146 Å². The molecule has 1 aromatic heterocycles. The summed E-state index contributed by atoms with van der Waals surface area (Å²) >= 11 is 1.33. The van der Waals surface area contributed by atoms with Crippen molar-refractivity contribution >= 4 is 45.0 Å². The first-order valence-electron chi connectivity index (χ1n) is 13.9. The number of aryl methyl sites for hydroxylation is 1. The third-order valence-electron chi connectivity index (χ3n) is 6.87. The molecule has 0 aliphatic carbocycles. The molecule has 0 fully saturated rings. The van der Waals surface area contributed by atoms with E-state index in [9.17, 15) is 24.1 Å². The van der Waals surface area contributed by atoms with Crippen molar-refractivity contribution in [2.24, 2.45) is 4.99 Å². The van der Waals surface area contributed by atoms with Crippen molar-refractivity contribution in [3.63, 3.8) is 0 Å².